The summed E-state index contributed by atoms with van der Waals surface area (Å²) in [7, 11) is 1.96. The van der Waals surface area contributed by atoms with Crippen molar-refractivity contribution in [2.45, 2.75) is 25.7 Å². The quantitative estimate of drug-likeness (QED) is 0.868. The Bertz CT molecular complexity index is 735. The fourth-order valence-corrected chi connectivity index (χ4v) is 3.56. The molecule has 1 aliphatic heterocycles. The molecule has 1 saturated carbocycles. The third-order valence-electron chi connectivity index (χ3n) is 5.21. The van der Waals surface area contributed by atoms with E-state index in [1.165, 1.54) is 0 Å². The van der Waals surface area contributed by atoms with Crippen LogP contribution in [0.4, 0.5) is 5.82 Å². The number of rotatable bonds is 4. The van der Waals surface area contributed by atoms with Crippen molar-refractivity contribution in [2.75, 3.05) is 31.6 Å². The van der Waals surface area contributed by atoms with Gasteiger partial charge in [0.1, 0.15) is 5.82 Å². The topological polar surface area (TPSA) is 49.3 Å². The van der Waals surface area contributed by atoms with Gasteiger partial charge in [-0.3, -0.25) is 9.78 Å². The van der Waals surface area contributed by atoms with Crippen LogP contribution in [0.2, 0.25) is 0 Å². The van der Waals surface area contributed by atoms with E-state index >= 15 is 0 Å². The molecule has 24 heavy (non-hydrogen) atoms. The molecule has 4 rings (SSSR count). The van der Waals surface area contributed by atoms with Crippen LogP contribution in [0.5, 0.6) is 0 Å². The Morgan fingerprint density at radius 3 is 2.58 bits per heavy atom. The molecule has 0 N–H and O–H groups in total. The Hall–Kier alpha value is -2.17. The molecule has 0 bridgehead atoms. The Labute approximate surface area is 142 Å². The minimum absolute atomic E-state index is 0.322. The summed E-state index contributed by atoms with van der Waals surface area (Å²) in [5, 5.41) is 0. The fraction of sp³-hybridized carbons (Fsp3) is 0.526. The SMILES string of the molecule is CN(CC1CCN(c2cnc3ccccc3n2)CC1)C(=O)C1CC1. The standard InChI is InChI=1S/C19H24N4O/c1-22(19(24)15-6-7-15)13-14-8-10-23(11-9-14)18-12-20-16-4-2-3-5-17(16)21-18/h2-5,12,14-15H,6-11,13H2,1H3. The van der Waals surface area contributed by atoms with Gasteiger partial charge in [0.15, 0.2) is 0 Å². The first-order valence-corrected chi connectivity index (χ1v) is 8.92. The number of carbonyl (C=O) groups excluding carboxylic acids is 1. The number of anilines is 1. The van der Waals surface area contributed by atoms with E-state index in [2.05, 4.69) is 9.88 Å². The number of nitrogens with zero attached hydrogens (tertiary/aromatic N) is 4. The van der Waals surface area contributed by atoms with Crippen LogP contribution in [-0.2, 0) is 4.79 Å². The predicted octanol–water partition coefficient (Wildman–Crippen LogP) is 2.71. The smallest absolute Gasteiger partial charge is 0.225 e. The molecule has 5 nitrogen and oxygen atoms in total. The molecule has 0 spiro atoms. The largest absolute Gasteiger partial charge is 0.355 e. The Kier molecular flexibility index (Phi) is 4.08. The first-order chi connectivity index (χ1) is 11.7. The van der Waals surface area contributed by atoms with Crippen molar-refractivity contribution < 1.29 is 4.79 Å². The molecule has 2 fully saturated rings. The number of hydrogen-bond acceptors (Lipinski definition) is 4. The van der Waals surface area contributed by atoms with Crippen LogP contribution < -0.4 is 4.90 Å². The van der Waals surface area contributed by atoms with Gasteiger partial charge in [-0.05, 0) is 43.7 Å². The highest BCUT2D eigenvalue weighted by Gasteiger charge is 2.33. The fourth-order valence-electron chi connectivity index (χ4n) is 3.56. The molecule has 2 aromatic rings. The molecule has 1 aromatic heterocycles. The third kappa shape index (κ3) is 3.21. The highest BCUT2D eigenvalue weighted by atomic mass is 16.2. The minimum Gasteiger partial charge on any atom is -0.355 e. The van der Waals surface area contributed by atoms with Crippen LogP contribution in [0, 0.1) is 11.8 Å². The van der Waals surface area contributed by atoms with Gasteiger partial charge in [0.25, 0.3) is 0 Å². The summed E-state index contributed by atoms with van der Waals surface area (Å²) in [4.78, 5) is 25.6. The van der Waals surface area contributed by atoms with Gasteiger partial charge in [0, 0.05) is 32.6 Å². The van der Waals surface area contributed by atoms with Gasteiger partial charge in [-0.1, -0.05) is 12.1 Å². The van der Waals surface area contributed by atoms with Crippen molar-refractivity contribution in [1.82, 2.24) is 14.9 Å². The van der Waals surface area contributed by atoms with E-state index < -0.39 is 0 Å². The maximum atomic E-state index is 12.1. The number of amides is 1. The summed E-state index contributed by atoms with van der Waals surface area (Å²) in [6.07, 6.45) is 6.27. The number of aromatic nitrogens is 2. The van der Waals surface area contributed by atoms with Gasteiger partial charge in [-0.2, -0.15) is 0 Å². The lowest BCUT2D eigenvalue weighted by molar-refractivity contribution is -0.131. The van der Waals surface area contributed by atoms with Gasteiger partial charge in [0.2, 0.25) is 5.91 Å². The van der Waals surface area contributed by atoms with Crippen molar-refractivity contribution in [1.29, 1.82) is 0 Å². The van der Waals surface area contributed by atoms with Crippen LogP contribution in [0.3, 0.4) is 0 Å². The lowest BCUT2D eigenvalue weighted by atomic mass is 9.96. The van der Waals surface area contributed by atoms with E-state index in [-0.39, 0.29) is 0 Å². The number of piperidine rings is 1. The summed E-state index contributed by atoms with van der Waals surface area (Å²) in [6.45, 7) is 2.87. The second-order valence-electron chi connectivity index (χ2n) is 7.14. The van der Waals surface area contributed by atoms with E-state index in [0.29, 0.717) is 17.7 Å². The first-order valence-electron chi connectivity index (χ1n) is 8.92. The average Bonchev–Trinajstić information content (AvgIpc) is 3.46. The van der Waals surface area contributed by atoms with E-state index in [1.807, 2.05) is 42.4 Å². The zero-order chi connectivity index (χ0) is 16.5. The first kappa shape index (κ1) is 15.4. The van der Waals surface area contributed by atoms with E-state index in [9.17, 15) is 4.79 Å². The van der Waals surface area contributed by atoms with Crippen molar-refractivity contribution >= 4 is 22.8 Å². The molecule has 0 atom stereocenters. The summed E-state index contributed by atoms with van der Waals surface area (Å²) in [6, 6.07) is 7.99. The molecule has 1 amide bonds. The van der Waals surface area contributed by atoms with Gasteiger partial charge in [-0.15, -0.1) is 0 Å². The Morgan fingerprint density at radius 1 is 1.17 bits per heavy atom. The van der Waals surface area contributed by atoms with Crippen LogP contribution in [-0.4, -0.2) is 47.5 Å². The maximum Gasteiger partial charge on any atom is 0.225 e. The van der Waals surface area contributed by atoms with E-state index in [1.54, 1.807) is 0 Å². The van der Waals surface area contributed by atoms with Crippen LogP contribution >= 0.6 is 0 Å². The summed E-state index contributed by atoms with van der Waals surface area (Å²) in [5.74, 6) is 2.23. The Balaban J connectivity index is 1.35. The third-order valence-corrected chi connectivity index (χ3v) is 5.21. The van der Waals surface area contributed by atoms with Crippen LogP contribution in [0.25, 0.3) is 11.0 Å². The monoisotopic (exact) mass is 324 g/mol. The normalized spacial score (nSPS) is 18.8. The highest BCUT2D eigenvalue weighted by molar-refractivity contribution is 5.80. The molecule has 1 aromatic carbocycles. The molecule has 0 radical (unpaired) electrons. The second-order valence-corrected chi connectivity index (χ2v) is 7.14. The summed E-state index contributed by atoms with van der Waals surface area (Å²) >= 11 is 0. The number of hydrogen-bond donors (Lipinski definition) is 0. The van der Waals surface area contributed by atoms with Crippen molar-refractivity contribution in [3.05, 3.63) is 30.5 Å². The number of carbonyl (C=O) groups is 1. The molecule has 0 unspecified atom stereocenters. The van der Waals surface area contributed by atoms with Gasteiger partial charge < -0.3 is 9.80 Å². The molecular weight excluding hydrogens is 300 g/mol. The molecule has 1 aliphatic carbocycles. The van der Waals surface area contributed by atoms with Crippen molar-refractivity contribution in [3.63, 3.8) is 0 Å². The van der Waals surface area contributed by atoms with Crippen molar-refractivity contribution in [2.24, 2.45) is 11.8 Å². The molecule has 2 aliphatic rings. The number of benzene rings is 1. The van der Waals surface area contributed by atoms with Gasteiger partial charge in [-0.25, -0.2) is 4.98 Å². The highest BCUT2D eigenvalue weighted by Crippen LogP contribution is 2.31. The lowest BCUT2D eigenvalue weighted by Crippen LogP contribution is -2.40. The van der Waals surface area contributed by atoms with E-state index in [0.717, 1.165) is 62.2 Å². The number of para-hydroxylation sites is 2. The maximum absolute atomic E-state index is 12.1. The average molecular weight is 324 g/mol. The molecular formula is C19H24N4O. The zero-order valence-corrected chi connectivity index (χ0v) is 14.2. The summed E-state index contributed by atoms with van der Waals surface area (Å²) < 4.78 is 0. The van der Waals surface area contributed by atoms with Gasteiger partial charge >= 0.3 is 0 Å². The van der Waals surface area contributed by atoms with E-state index in [4.69, 9.17) is 4.98 Å². The number of fused-ring (bicyclic) bond motifs is 1. The summed E-state index contributed by atoms with van der Waals surface area (Å²) in [5.41, 5.74) is 1.89. The molecule has 2 heterocycles. The zero-order valence-electron chi connectivity index (χ0n) is 14.2. The molecule has 1 saturated heterocycles. The van der Waals surface area contributed by atoms with Gasteiger partial charge in [0.05, 0.1) is 17.2 Å². The van der Waals surface area contributed by atoms with Crippen LogP contribution in [0.15, 0.2) is 30.5 Å². The van der Waals surface area contributed by atoms with Crippen molar-refractivity contribution in [3.8, 4) is 0 Å². The van der Waals surface area contributed by atoms with Crippen LogP contribution in [0.1, 0.15) is 25.7 Å². The Morgan fingerprint density at radius 2 is 1.88 bits per heavy atom. The second kappa shape index (κ2) is 6.38. The molecule has 126 valence electrons. The predicted molar refractivity (Wildman–Crippen MR) is 94.8 cm³/mol. The lowest BCUT2D eigenvalue weighted by Gasteiger charge is -2.34. The minimum atomic E-state index is 0.322. The molecule has 5 heteroatoms.